The number of nitro benzene ring substituents is 2. The molecule has 2 rings (SSSR count). The monoisotopic (exact) mass is 444 g/mol. The first-order valence-electron chi connectivity index (χ1n) is 8.30. The number of nitro groups is 2. The molecule has 9 nitrogen and oxygen atoms in total. The highest BCUT2D eigenvalue weighted by Crippen LogP contribution is 2.23. The molecule has 156 valence electrons. The number of ether oxygens (including phenoxy) is 2. The molecule has 29 heavy (non-hydrogen) atoms. The van der Waals surface area contributed by atoms with Crippen LogP contribution < -0.4 is 9.47 Å². The third kappa shape index (κ3) is 7.21. The second kappa shape index (κ2) is 9.06. The lowest BCUT2D eigenvalue weighted by Crippen LogP contribution is -2.50. The predicted octanol–water partition coefficient (Wildman–Crippen LogP) is 4.14. The van der Waals surface area contributed by atoms with Gasteiger partial charge in [0.1, 0.15) is 24.0 Å². The van der Waals surface area contributed by atoms with Crippen LogP contribution in [0.1, 0.15) is 0 Å². The van der Waals surface area contributed by atoms with E-state index in [1.54, 1.807) is 0 Å². The van der Waals surface area contributed by atoms with E-state index in [9.17, 15) is 28.4 Å². The summed E-state index contributed by atoms with van der Waals surface area (Å²) in [4.78, 5) is 20.1. The normalized spacial score (nSPS) is 15.0. The standard InChI is InChI=1S/C16H18F2N2O7Si2/c1-28(17,11-25-15-7-3-13(4-8-15)19(21)22)27-29(2,18)12-26-16-9-5-14(6-10-16)20(23)24/h3-10H,11-12H2,1-2H3. The van der Waals surface area contributed by atoms with Crippen LogP contribution in [0.15, 0.2) is 48.5 Å². The fraction of sp³-hybridized carbons (Fsp3) is 0.250. The third-order valence-electron chi connectivity index (χ3n) is 3.51. The third-order valence-corrected chi connectivity index (χ3v) is 8.24. The molecular formula is C16H18F2N2O7Si2. The highest BCUT2D eigenvalue weighted by atomic mass is 28.5. The van der Waals surface area contributed by atoms with Gasteiger partial charge < -0.3 is 13.6 Å². The summed E-state index contributed by atoms with van der Waals surface area (Å²) in [6, 6.07) is 10.1. The van der Waals surface area contributed by atoms with Crippen molar-refractivity contribution in [2.24, 2.45) is 0 Å². The quantitative estimate of drug-likeness (QED) is 0.234. The van der Waals surface area contributed by atoms with E-state index in [2.05, 4.69) is 0 Å². The molecule has 0 aliphatic carbocycles. The fourth-order valence-electron chi connectivity index (χ4n) is 2.26. The Morgan fingerprint density at radius 3 is 1.34 bits per heavy atom. The number of benzene rings is 2. The molecule has 0 saturated heterocycles. The zero-order valence-electron chi connectivity index (χ0n) is 15.5. The average Bonchev–Trinajstić information content (AvgIpc) is 2.65. The van der Waals surface area contributed by atoms with Crippen LogP contribution in [0.25, 0.3) is 0 Å². The summed E-state index contributed by atoms with van der Waals surface area (Å²) in [6.45, 7) is 2.27. The zero-order valence-corrected chi connectivity index (χ0v) is 17.5. The summed E-state index contributed by atoms with van der Waals surface area (Å²) in [6.07, 6.45) is -1.01. The first kappa shape index (κ1) is 22.4. The second-order valence-corrected chi connectivity index (χ2v) is 12.2. The highest BCUT2D eigenvalue weighted by molar-refractivity contribution is 6.79. The van der Waals surface area contributed by atoms with Gasteiger partial charge in [0.2, 0.25) is 0 Å². The van der Waals surface area contributed by atoms with Gasteiger partial charge >= 0.3 is 17.3 Å². The molecule has 13 heteroatoms. The fourth-order valence-corrected chi connectivity index (χ4v) is 7.13. The minimum Gasteiger partial charge on any atom is -0.491 e. The van der Waals surface area contributed by atoms with E-state index in [0.29, 0.717) is 0 Å². The lowest BCUT2D eigenvalue weighted by atomic mass is 10.3. The van der Waals surface area contributed by atoms with Crippen LogP contribution in [0.5, 0.6) is 11.5 Å². The van der Waals surface area contributed by atoms with Crippen molar-refractivity contribution in [1.29, 1.82) is 0 Å². The molecule has 0 aliphatic rings. The van der Waals surface area contributed by atoms with Gasteiger partial charge in [-0.05, 0) is 37.4 Å². The van der Waals surface area contributed by atoms with Crippen molar-refractivity contribution in [3.63, 3.8) is 0 Å². The van der Waals surface area contributed by atoms with Crippen molar-refractivity contribution in [3.8, 4) is 11.5 Å². The molecule has 2 aromatic carbocycles. The Bertz CT molecular complexity index is 793. The van der Waals surface area contributed by atoms with E-state index in [1.807, 2.05) is 0 Å². The Morgan fingerprint density at radius 1 is 0.759 bits per heavy atom. The molecule has 0 aromatic heterocycles. The second-order valence-electron chi connectivity index (χ2n) is 6.38. The van der Waals surface area contributed by atoms with E-state index in [1.165, 1.54) is 48.5 Å². The smallest absolute Gasteiger partial charge is 0.409 e. The highest BCUT2D eigenvalue weighted by Gasteiger charge is 2.44. The molecular weight excluding hydrogens is 426 g/mol. The van der Waals surface area contributed by atoms with Gasteiger partial charge in [0.25, 0.3) is 11.4 Å². The molecule has 2 unspecified atom stereocenters. The Kier molecular flexibility index (Phi) is 6.99. The summed E-state index contributed by atoms with van der Waals surface area (Å²) in [7, 11) is -8.12. The Morgan fingerprint density at radius 2 is 1.07 bits per heavy atom. The number of rotatable bonds is 10. The van der Waals surface area contributed by atoms with Gasteiger partial charge in [0.15, 0.2) is 0 Å². The summed E-state index contributed by atoms with van der Waals surface area (Å²) < 4.78 is 44.9. The van der Waals surface area contributed by atoms with Gasteiger partial charge in [-0.3, -0.25) is 28.4 Å². The Labute approximate surface area is 166 Å². The largest absolute Gasteiger partial charge is 0.491 e. The van der Waals surface area contributed by atoms with Crippen LogP contribution in [0, 0.1) is 20.2 Å². The summed E-state index contributed by atoms with van der Waals surface area (Å²) in [5.74, 6) is 0.389. The van der Waals surface area contributed by atoms with Gasteiger partial charge in [-0.1, -0.05) is 0 Å². The van der Waals surface area contributed by atoms with E-state index >= 15 is 0 Å². The van der Waals surface area contributed by atoms with Gasteiger partial charge in [0, 0.05) is 24.3 Å². The molecule has 2 aromatic rings. The van der Waals surface area contributed by atoms with Crippen LogP contribution in [0.3, 0.4) is 0 Å². The van der Waals surface area contributed by atoms with Gasteiger partial charge in [-0.2, -0.15) is 0 Å². The van der Waals surface area contributed by atoms with E-state index in [4.69, 9.17) is 13.6 Å². The molecule has 0 radical (unpaired) electrons. The maximum Gasteiger partial charge on any atom is 0.409 e. The molecule has 0 bridgehead atoms. The van der Waals surface area contributed by atoms with E-state index in [0.717, 1.165) is 13.1 Å². The SMILES string of the molecule is C[Si](F)(COc1ccc([N+](=O)[O-])cc1)O[Si](C)(F)COc1ccc([N+](=O)[O-])cc1. The lowest BCUT2D eigenvalue weighted by Gasteiger charge is -2.26. The number of nitrogens with zero attached hydrogens (tertiary/aromatic N) is 2. The molecule has 0 aliphatic heterocycles. The summed E-state index contributed by atoms with van der Waals surface area (Å²) in [5.41, 5.74) is -0.276. The van der Waals surface area contributed by atoms with E-state index < -0.39 is 39.6 Å². The zero-order chi connectivity index (χ0) is 21.7. The summed E-state index contributed by atoms with van der Waals surface area (Å²) in [5, 5.41) is 21.2. The maximum atomic E-state index is 14.7. The van der Waals surface area contributed by atoms with Crippen molar-refractivity contribution >= 4 is 28.7 Å². The van der Waals surface area contributed by atoms with Gasteiger partial charge in [0.05, 0.1) is 9.85 Å². The molecule has 0 fully saturated rings. The molecule has 2 atom stereocenters. The number of hydrogen-bond donors (Lipinski definition) is 0. The minimum absolute atomic E-state index is 0.138. The maximum absolute atomic E-state index is 14.7. The average molecular weight is 444 g/mol. The van der Waals surface area contributed by atoms with Crippen molar-refractivity contribution in [1.82, 2.24) is 0 Å². The molecule has 0 spiro atoms. The number of hydrogen-bond acceptors (Lipinski definition) is 7. The van der Waals surface area contributed by atoms with Crippen molar-refractivity contribution in [2.75, 3.05) is 12.5 Å². The first-order valence-corrected chi connectivity index (χ1v) is 13.3. The first-order chi connectivity index (χ1) is 13.5. The summed E-state index contributed by atoms with van der Waals surface area (Å²) >= 11 is 0. The van der Waals surface area contributed by atoms with Crippen molar-refractivity contribution in [3.05, 3.63) is 68.8 Å². The molecule has 0 saturated carbocycles. The minimum atomic E-state index is -4.06. The van der Waals surface area contributed by atoms with Gasteiger partial charge in [-0.25, -0.2) is 0 Å². The van der Waals surface area contributed by atoms with Gasteiger partial charge in [-0.15, -0.1) is 0 Å². The van der Waals surface area contributed by atoms with Crippen LogP contribution in [-0.4, -0.2) is 39.6 Å². The van der Waals surface area contributed by atoms with Crippen LogP contribution in [0.2, 0.25) is 13.1 Å². The molecule has 0 heterocycles. The van der Waals surface area contributed by atoms with Crippen LogP contribution in [-0.2, 0) is 4.12 Å². The number of halogens is 2. The van der Waals surface area contributed by atoms with E-state index in [-0.39, 0.29) is 22.9 Å². The van der Waals surface area contributed by atoms with Crippen LogP contribution in [0.4, 0.5) is 19.6 Å². The predicted molar refractivity (Wildman–Crippen MR) is 104 cm³/mol. The number of non-ortho nitro benzene ring substituents is 2. The molecule has 0 amide bonds. The Hall–Kier alpha value is -2.91. The molecule has 0 N–H and O–H groups in total. The topological polar surface area (TPSA) is 114 Å². The van der Waals surface area contributed by atoms with Crippen LogP contribution >= 0.6 is 0 Å². The van der Waals surface area contributed by atoms with Crippen molar-refractivity contribution < 1.29 is 31.7 Å². The van der Waals surface area contributed by atoms with Crippen molar-refractivity contribution in [2.45, 2.75) is 13.1 Å². The lowest BCUT2D eigenvalue weighted by molar-refractivity contribution is -0.385. The Balaban J connectivity index is 1.87.